The number of nitrogens with one attached hydrogen (secondary N) is 1. The first-order chi connectivity index (χ1) is 16.7. The molecule has 1 fully saturated rings. The van der Waals surface area contributed by atoms with Gasteiger partial charge in [-0.2, -0.15) is 0 Å². The van der Waals surface area contributed by atoms with Gasteiger partial charge in [0.25, 0.3) is 0 Å². The molecule has 2 aromatic carbocycles. The maximum Gasteiger partial charge on any atom is 0.311 e. The molecule has 2 aromatic rings. The molecule has 0 unspecified atom stereocenters. The molecule has 1 aliphatic rings. The van der Waals surface area contributed by atoms with Crippen LogP contribution in [0.5, 0.6) is 0 Å². The van der Waals surface area contributed by atoms with Gasteiger partial charge in [0.05, 0.1) is 24.7 Å². The maximum absolute atomic E-state index is 13.0. The Labute approximate surface area is 217 Å². The molecular formula is C29H43NO5Si. The Morgan fingerprint density at radius 2 is 1.47 bits per heavy atom. The fraction of sp³-hybridized carbons (Fsp3) is 0.552. The maximum atomic E-state index is 13.0. The summed E-state index contributed by atoms with van der Waals surface area (Å²) in [7, 11) is -2.12. The molecule has 2 N–H and O–H groups in total. The number of hydrogen-bond donors (Lipinski definition) is 2. The molecular weight excluding hydrogens is 470 g/mol. The van der Waals surface area contributed by atoms with Gasteiger partial charge in [0.2, 0.25) is 0 Å². The highest BCUT2D eigenvalue weighted by Gasteiger charge is 2.51. The Morgan fingerprint density at radius 3 is 1.89 bits per heavy atom. The van der Waals surface area contributed by atoms with Gasteiger partial charge in [0, 0.05) is 11.1 Å². The third-order valence-corrected chi connectivity index (χ3v) is 11.8. The molecule has 0 aliphatic carbocycles. The molecule has 1 saturated heterocycles. The Hall–Kier alpha value is -2.03. The monoisotopic (exact) mass is 513 g/mol. The molecule has 0 aromatic heterocycles. The van der Waals surface area contributed by atoms with Crippen molar-refractivity contribution in [1.29, 1.82) is 0 Å². The van der Waals surface area contributed by atoms with Crippen molar-refractivity contribution in [2.24, 2.45) is 5.41 Å². The molecule has 0 radical (unpaired) electrons. The van der Waals surface area contributed by atoms with Crippen molar-refractivity contribution < 1.29 is 23.8 Å². The van der Waals surface area contributed by atoms with Crippen molar-refractivity contribution in [2.75, 3.05) is 13.2 Å². The predicted octanol–water partition coefficient (Wildman–Crippen LogP) is 5.22. The van der Waals surface area contributed by atoms with E-state index in [1.807, 2.05) is 81.4 Å². The number of hydrogen-bond acceptors (Lipinski definition) is 6. The second-order valence-electron chi connectivity index (χ2n) is 12.2. The number of rotatable bonds is 7. The smallest absolute Gasteiger partial charge is 0.311 e. The van der Waals surface area contributed by atoms with Crippen LogP contribution in [-0.2, 0) is 24.4 Å². The average molecular weight is 514 g/mol. The number of ether oxygens (including phenoxy) is 2. The van der Waals surface area contributed by atoms with E-state index in [2.05, 4.69) is 39.2 Å². The molecule has 1 aliphatic heterocycles. The largest absolute Gasteiger partial charge is 0.457 e. The minimum atomic E-state index is -2.12. The van der Waals surface area contributed by atoms with Gasteiger partial charge in [-0.1, -0.05) is 81.4 Å². The highest BCUT2D eigenvalue weighted by Crippen LogP contribution is 2.40. The standard InChI is InChI=1S/C29H43NO5Si/c1-27(2,3)26(32)34-25-23(20-33-36(7,8)28(4,5)6)30-29(35-24(25)19-31,21-15-11-9-12-16-21)22-17-13-10-14-18-22/h9-18,23-25,30-31H,19-20H2,1-8H3/t23-,24+,25-/m1/s1. The lowest BCUT2D eigenvalue weighted by Crippen LogP contribution is -2.68. The van der Waals surface area contributed by atoms with Gasteiger partial charge in [-0.05, 0) is 38.9 Å². The molecule has 0 spiro atoms. The molecule has 0 bridgehead atoms. The predicted molar refractivity (Wildman–Crippen MR) is 145 cm³/mol. The van der Waals surface area contributed by atoms with Crippen LogP contribution in [0.1, 0.15) is 52.7 Å². The summed E-state index contributed by atoms with van der Waals surface area (Å²) in [5.41, 5.74) is 0.0421. The number of benzene rings is 2. The number of aliphatic hydroxyl groups is 1. The van der Waals surface area contributed by atoms with Crippen molar-refractivity contribution in [2.45, 2.75) is 83.6 Å². The van der Waals surface area contributed by atoms with E-state index >= 15 is 0 Å². The summed E-state index contributed by atoms with van der Waals surface area (Å²) in [6.07, 6.45) is -1.49. The van der Waals surface area contributed by atoms with E-state index in [0.29, 0.717) is 6.61 Å². The van der Waals surface area contributed by atoms with Crippen LogP contribution in [0.3, 0.4) is 0 Å². The molecule has 6 nitrogen and oxygen atoms in total. The van der Waals surface area contributed by atoms with Gasteiger partial charge >= 0.3 is 5.97 Å². The average Bonchev–Trinajstić information content (AvgIpc) is 2.83. The van der Waals surface area contributed by atoms with E-state index in [1.54, 1.807) is 0 Å². The molecule has 3 rings (SSSR count). The summed E-state index contributed by atoms with van der Waals surface area (Å²) in [6.45, 7) is 16.5. The topological polar surface area (TPSA) is 77.0 Å². The quantitative estimate of drug-likeness (QED) is 0.391. The van der Waals surface area contributed by atoms with Crippen LogP contribution in [-0.4, -0.2) is 50.9 Å². The van der Waals surface area contributed by atoms with Crippen molar-refractivity contribution in [3.63, 3.8) is 0 Å². The van der Waals surface area contributed by atoms with Crippen LogP contribution in [0.25, 0.3) is 0 Å². The number of esters is 1. The van der Waals surface area contributed by atoms with Gasteiger partial charge < -0.3 is 19.0 Å². The summed E-state index contributed by atoms with van der Waals surface area (Å²) >= 11 is 0. The minimum Gasteiger partial charge on any atom is -0.457 e. The first-order valence-electron chi connectivity index (χ1n) is 12.7. The molecule has 0 amide bonds. The third kappa shape index (κ3) is 6.09. The van der Waals surface area contributed by atoms with E-state index < -0.39 is 37.7 Å². The Balaban J connectivity index is 2.09. The van der Waals surface area contributed by atoms with Crippen LogP contribution in [0, 0.1) is 5.41 Å². The summed E-state index contributed by atoms with van der Waals surface area (Å²) < 4.78 is 19.3. The van der Waals surface area contributed by atoms with E-state index in [0.717, 1.165) is 11.1 Å². The highest BCUT2D eigenvalue weighted by molar-refractivity contribution is 6.74. The fourth-order valence-electron chi connectivity index (χ4n) is 4.00. The molecule has 0 saturated carbocycles. The van der Waals surface area contributed by atoms with Gasteiger partial charge in [-0.3, -0.25) is 10.1 Å². The zero-order chi connectivity index (χ0) is 26.8. The van der Waals surface area contributed by atoms with Crippen molar-refractivity contribution in [3.05, 3.63) is 71.8 Å². The van der Waals surface area contributed by atoms with Gasteiger partial charge in [0.1, 0.15) is 12.2 Å². The molecule has 1 heterocycles. The van der Waals surface area contributed by atoms with E-state index in [4.69, 9.17) is 13.9 Å². The van der Waals surface area contributed by atoms with Gasteiger partial charge in [-0.25, -0.2) is 0 Å². The van der Waals surface area contributed by atoms with Gasteiger partial charge in [-0.15, -0.1) is 0 Å². The summed E-state index contributed by atoms with van der Waals surface area (Å²) in [5, 5.41) is 14.2. The lowest BCUT2D eigenvalue weighted by Gasteiger charge is -2.50. The SMILES string of the molecule is CC(C)(C)C(=O)O[C@H]1[C@H](CO)OC(c2ccccc2)(c2ccccc2)N[C@@H]1CO[Si](C)(C)C(C)(C)C. The molecule has 36 heavy (non-hydrogen) atoms. The highest BCUT2D eigenvalue weighted by atomic mass is 28.4. The first kappa shape index (κ1) is 28.5. The number of carbonyl (C=O) groups excluding carboxylic acids is 1. The van der Waals surface area contributed by atoms with Crippen LogP contribution in [0.15, 0.2) is 60.7 Å². The van der Waals surface area contributed by atoms with Crippen LogP contribution in [0.4, 0.5) is 0 Å². The third-order valence-electron chi connectivity index (χ3n) is 7.31. The van der Waals surface area contributed by atoms with E-state index in [-0.39, 0.29) is 17.6 Å². The summed E-state index contributed by atoms with van der Waals surface area (Å²) in [4.78, 5) is 13.0. The normalized spacial score (nSPS) is 22.8. The van der Waals surface area contributed by atoms with E-state index in [1.165, 1.54) is 0 Å². The Morgan fingerprint density at radius 1 is 0.972 bits per heavy atom. The lowest BCUT2D eigenvalue weighted by atomic mass is 9.88. The Kier molecular flexibility index (Phi) is 8.53. The van der Waals surface area contributed by atoms with E-state index in [9.17, 15) is 9.90 Å². The summed E-state index contributed by atoms with van der Waals surface area (Å²) in [6, 6.07) is 19.4. The first-order valence-corrected chi connectivity index (χ1v) is 15.6. The minimum absolute atomic E-state index is 0.0160. The van der Waals surface area contributed by atoms with Crippen molar-refractivity contribution >= 4 is 14.3 Å². The molecule has 3 atom stereocenters. The zero-order valence-corrected chi connectivity index (χ0v) is 24.0. The number of carbonyl (C=O) groups is 1. The fourth-order valence-corrected chi connectivity index (χ4v) is 5.03. The second kappa shape index (κ2) is 10.8. The second-order valence-corrected chi connectivity index (χ2v) is 17.0. The molecule has 7 heteroatoms. The lowest BCUT2D eigenvalue weighted by molar-refractivity contribution is -0.221. The Bertz CT molecular complexity index is 958. The summed E-state index contributed by atoms with van der Waals surface area (Å²) in [5.74, 6) is -0.347. The molecule has 198 valence electrons. The van der Waals surface area contributed by atoms with Crippen molar-refractivity contribution in [1.82, 2.24) is 5.32 Å². The van der Waals surface area contributed by atoms with Crippen LogP contribution in [0.2, 0.25) is 18.1 Å². The van der Waals surface area contributed by atoms with Gasteiger partial charge in [0.15, 0.2) is 14.0 Å². The zero-order valence-electron chi connectivity index (χ0n) is 23.0. The van der Waals surface area contributed by atoms with Crippen LogP contribution < -0.4 is 5.32 Å². The van der Waals surface area contributed by atoms with Crippen LogP contribution >= 0.6 is 0 Å². The number of aliphatic hydroxyl groups excluding tert-OH is 1. The van der Waals surface area contributed by atoms with Crippen molar-refractivity contribution in [3.8, 4) is 0 Å².